The van der Waals surface area contributed by atoms with Gasteiger partial charge in [0.05, 0.1) is 12.1 Å². The van der Waals surface area contributed by atoms with E-state index in [0.717, 1.165) is 75.2 Å². The van der Waals surface area contributed by atoms with Crippen LogP contribution in [-0.4, -0.2) is 35.2 Å². The van der Waals surface area contributed by atoms with Gasteiger partial charge in [0.15, 0.2) is 11.5 Å². The van der Waals surface area contributed by atoms with E-state index in [1.807, 2.05) is 30.3 Å². The van der Waals surface area contributed by atoms with Crippen molar-refractivity contribution in [2.24, 2.45) is 5.92 Å². The summed E-state index contributed by atoms with van der Waals surface area (Å²) in [5.74, 6) is 0.512. The Hall–Kier alpha value is -3.47. The summed E-state index contributed by atoms with van der Waals surface area (Å²) >= 11 is 0. The molecule has 0 N–H and O–H groups in total. The van der Waals surface area contributed by atoms with Gasteiger partial charge in [-0.25, -0.2) is 4.85 Å². The van der Waals surface area contributed by atoms with Crippen LogP contribution in [0, 0.1) is 12.5 Å². The second-order valence-electron chi connectivity index (χ2n) is 10.8. The number of benzene rings is 3. The molecule has 0 aliphatic carbocycles. The lowest BCUT2D eigenvalue weighted by atomic mass is 9.88. The average molecular weight is 532 g/mol. The fourth-order valence-electron chi connectivity index (χ4n) is 5.64. The molecule has 2 aliphatic rings. The predicted octanol–water partition coefficient (Wildman–Crippen LogP) is 7.30. The summed E-state index contributed by atoms with van der Waals surface area (Å²) in [5.41, 5.74) is 5.40. The minimum atomic E-state index is -4.31. The number of piperidine rings is 1. The van der Waals surface area contributed by atoms with E-state index in [-0.39, 0.29) is 5.78 Å². The summed E-state index contributed by atoms with van der Waals surface area (Å²) in [4.78, 5) is 21.3. The fraction of sp³-hybridized carbons (Fsp3) is 0.375. The number of carbonyl (C=O) groups excluding carboxylic acids is 1. The number of hydrogen-bond acceptors (Lipinski definition) is 3. The molecule has 2 aliphatic heterocycles. The van der Waals surface area contributed by atoms with Crippen LogP contribution in [0.1, 0.15) is 57.4 Å². The monoisotopic (exact) mass is 531 g/mol. The summed E-state index contributed by atoms with van der Waals surface area (Å²) in [7, 11) is 0. The van der Waals surface area contributed by atoms with E-state index in [2.05, 4.69) is 26.8 Å². The molecule has 2 heterocycles. The van der Waals surface area contributed by atoms with Crippen LogP contribution in [0.15, 0.2) is 66.7 Å². The maximum atomic E-state index is 13.2. The molecule has 202 valence electrons. The van der Waals surface area contributed by atoms with E-state index in [1.165, 1.54) is 16.7 Å². The molecule has 39 heavy (non-hydrogen) atoms. The first-order valence-electron chi connectivity index (χ1n) is 13.5. The molecule has 7 heteroatoms. The van der Waals surface area contributed by atoms with Crippen LogP contribution in [0.2, 0.25) is 0 Å². The summed E-state index contributed by atoms with van der Waals surface area (Å²) in [6.07, 6.45) is -0.992. The van der Waals surface area contributed by atoms with Crippen molar-refractivity contribution in [2.75, 3.05) is 19.6 Å². The number of nitrogens with zero attached hydrogens (tertiary/aromatic N) is 3. The second kappa shape index (κ2) is 11.7. The summed E-state index contributed by atoms with van der Waals surface area (Å²) in [6.45, 7) is 12.0. The van der Waals surface area contributed by atoms with Crippen LogP contribution >= 0.6 is 0 Å². The van der Waals surface area contributed by atoms with Crippen molar-refractivity contribution in [1.29, 1.82) is 0 Å². The predicted molar refractivity (Wildman–Crippen MR) is 145 cm³/mol. The third kappa shape index (κ3) is 6.95. The van der Waals surface area contributed by atoms with Gasteiger partial charge in [0.2, 0.25) is 0 Å². The van der Waals surface area contributed by atoms with Crippen molar-refractivity contribution in [3.8, 4) is 0 Å². The SMILES string of the molecule is [C-]#[N+]c1ccc(CN2CCc3ccc(C(=O)CC4CCN(Cc5ccc(C(F)(F)F)cc5)CC4)cc3C2)cc1. The molecule has 5 rings (SSSR count). The molecule has 3 aromatic carbocycles. The van der Waals surface area contributed by atoms with Gasteiger partial charge in [-0.15, -0.1) is 0 Å². The van der Waals surface area contributed by atoms with Crippen molar-refractivity contribution in [3.05, 3.63) is 112 Å². The zero-order valence-electron chi connectivity index (χ0n) is 21.9. The molecule has 0 radical (unpaired) electrons. The van der Waals surface area contributed by atoms with E-state index >= 15 is 0 Å². The molecule has 0 spiro atoms. The van der Waals surface area contributed by atoms with E-state index in [4.69, 9.17) is 6.57 Å². The molecule has 1 saturated heterocycles. The molecule has 0 atom stereocenters. The van der Waals surface area contributed by atoms with Crippen LogP contribution in [0.4, 0.5) is 18.9 Å². The van der Waals surface area contributed by atoms with Gasteiger partial charge in [0, 0.05) is 38.2 Å². The molecular formula is C32H32F3N3O. The fourth-order valence-corrected chi connectivity index (χ4v) is 5.64. The van der Waals surface area contributed by atoms with Crippen molar-refractivity contribution in [1.82, 2.24) is 9.80 Å². The number of rotatable bonds is 7. The number of ketones is 1. The number of hydrogen-bond donors (Lipinski definition) is 0. The van der Waals surface area contributed by atoms with Gasteiger partial charge in [0.25, 0.3) is 0 Å². The maximum absolute atomic E-state index is 13.2. The average Bonchev–Trinajstić information content (AvgIpc) is 2.94. The zero-order chi connectivity index (χ0) is 27.4. The maximum Gasteiger partial charge on any atom is 0.416 e. The van der Waals surface area contributed by atoms with Gasteiger partial charge in [-0.3, -0.25) is 14.6 Å². The lowest BCUT2D eigenvalue weighted by Crippen LogP contribution is -2.34. The van der Waals surface area contributed by atoms with Crippen LogP contribution in [0.3, 0.4) is 0 Å². The summed E-state index contributed by atoms with van der Waals surface area (Å²) < 4.78 is 38.4. The Bertz CT molecular complexity index is 1340. The Morgan fingerprint density at radius 3 is 2.13 bits per heavy atom. The Labute approximate surface area is 227 Å². The molecule has 4 nitrogen and oxygen atoms in total. The molecule has 0 amide bonds. The Kier molecular flexibility index (Phi) is 8.15. The van der Waals surface area contributed by atoms with E-state index in [9.17, 15) is 18.0 Å². The van der Waals surface area contributed by atoms with Crippen LogP contribution < -0.4 is 0 Å². The highest BCUT2D eigenvalue weighted by molar-refractivity contribution is 5.96. The van der Waals surface area contributed by atoms with Gasteiger partial charge < -0.3 is 0 Å². The number of alkyl halides is 3. The molecule has 0 bridgehead atoms. The van der Waals surface area contributed by atoms with Gasteiger partial charge >= 0.3 is 6.18 Å². The highest BCUT2D eigenvalue weighted by atomic mass is 19.4. The van der Waals surface area contributed by atoms with Gasteiger partial charge in [0.1, 0.15) is 0 Å². The highest BCUT2D eigenvalue weighted by Crippen LogP contribution is 2.30. The number of fused-ring (bicyclic) bond motifs is 1. The first-order chi connectivity index (χ1) is 18.8. The quantitative estimate of drug-likeness (QED) is 0.237. The summed E-state index contributed by atoms with van der Waals surface area (Å²) in [5, 5.41) is 0. The van der Waals surface area contributed by atoms with Crippen LogP contribution in [0.5, 0.6) is 0 Å². The zero-order valence-corrected chi connectivity index (χ0v) is 21.9. The first-order valence-corrected chi connectivity index (χ1v) is 13.5. The number of carbonyl (C=O) groups is 1. The number of Topliss-reactive ketones (excluding diaryl/α,β-unsaturated/α-hetero) is 1. The molecule has 0 unspecified atom stereocenters. The van der Waals surface area contributed by atoms with Crippen LogP contribution in [0.25, 0.3) is 4.85 Å². The van der Waals surface area contributed by atoms with E-state index in [0.29, 0.717) is 24.6 Å². The topological polar surface area (TPSA) is 27.9 Å². The normalized spacial score (nSPS) is 17.0. The Morgan fingerprint density at radius 1 is 0.846 bits per heavy atom. The third-order valence-corrected chi connectivity index (χ3v) is 7.96. The number of likely N-dealkylation sites (tertiary alicyclic amines) is 1. The van der Waals surface area contributed by atoms with Gasteiger partial charge in [-0.2, -0.15) is 13.2 Å². The van der Waals surface area contributed by atoms with Crippen LogP contribution in [-0.2, 0) is 32.2 Å². The standard InChI is InChI=1S/C32H32F3N3O/c1-36-30-10-4-25(5-11-30)21-38-17-14-26-6-7-27(19-28(26)22-38)31(39)18-23-12-15-37(16-13-23)20-24-2-8-29(9-3-24)32(33,34)35/h2-11,19,23H,12-18,20-22H2. The number of halogens is 3. The minimum absolute atomic E-state index is 0.186. The molecular weight excluding hydrogens is 499 g/mol. The summed E-state index contributed by atoms with van der Waals surface area (Å²) in [6, 6.07) is 19.3. The molecule has 0 aromatic heterocycles. The third-order valence-electron chi connectivity index (χ3n) is 7.96. The smallest absolute Gasteiger partial charge is 0.299 e. The Morgan fingerprint density at radius 2 is 1.49 bits per heavy atom. The van der Waals surface area contributed by atoms with Crippen molar-refractivity contribution >= 4 is 11.5 Å². The molecule has 1 fully saturated rings. The molecule has 0 saturated carbocycles. The van der Waals surface area contributed by atoms with E-state index in [1.54, 1.807) is 12.1 Å². The second-order valence-corrected chi connectivity index (χ2v) is 10.8. The lowest BCUT2D eigenvalue weighted by Gasteiger charge is -2.32. The van der Waals surface area contributed by atoms with Gasteiger partial charge in [-0.05, 0) is 78.7 Å². The minimum Gasteiger partial charge on any atom is -0.299 e. The van der Waals surface area contributed by atoms with Crippen molar-refractivity contribution in [2.45, 2.75) is 51.5 Å². The largest absolute Gasteiger partial charge is 0.416 e. The van der Waals surface area contributed by atoms with Gasteiger partial charge in [-0.1, -0.05) is 48.5 Å². The lowest BCUT2D eigenvalue weighted by molar-refractivity contribution is -0.137. The Balaban J connectivity index is 1.12. The first kappa shape index (κ1) is 27.1. The molecule has 3 aromatic rings. The van der Waals surface area contributed by atoms with E-state index < -0.39 is 11.7 Å². The van der Waals surface area contributed by atoms with Crippen molar-refractivity contribution in [3.63, 3.8) is 0 Å². The highest BCUT2D eigenvalue weighted by Gasteiger charge is 2.30. The van der Waals surface area contributed by atoms with Crippen molar-refractivity contribution < 1.29 is 18.0 Å².